The van der Waals surface area contributed by atoms with E-state index in [2.05, 4.69) is 35.9 Å². The summed E-state index contributed by atoms with van der Waals surface area (Å²) in [5.41, 5.74) is 7.13. The van der Waals surface area contributed by atoms with Gasteiger partial charge in [-0.25, -0.2) is 4.39 Å². The summed E-state index contributed by atoms with van der Waals surface area (Å²) >= 11 is 0. The van der Waals surface area contributed by atoms with Crippen molar-refractivity contribution in [3.63, 3.8) is 0 Å². The van der Waals surface area contributed by atoms with Crippen molar-refractivity contribution in [2.75, 3.05) is 55.5 Å². The highest BCUT2D eigenvalue weighted by atomic mass is 19.1. The van der Waals surface area contributed by atoms with Crippen molar-refractivity contribution < 1.29 is 13.9 Å². The number of nitrogens with one attached hydrogen (secondary N) is 3. The van der Waals surface area contributed by atoms with Gasteiger partial charge in [-0.2, -0.15) is 15.0 Å². The topological polar surface area (TPSA) is 132 Å². The van der Waals surface area contributed by atoms with Gasteiger partial charge in [0.2, 0.25) is 17.8 Å². The van der Waals surface area contributed by atoms with Crippen LogP contribution in [0.5, 0.6) is 0 Å². The standard InChI is InChI=1S/C22H29FN8O2/c23-18-6-4-17(5-7-18)15-27-21-29-20(26-10-12-33-14-13-32-11-8-24)30-22(31-21)28-16-19-3-1-2-9-25-19/h1-7,9H,8,10-16,24H2,(H3,26,27,28,29,30,31). The number of nitrogens with zero attached hydrogens (tertiary/aromatic N) is 4. The van der Waals surface area contributed by atoms with Gasteiger partial charge in [-0.1, -0.05) is 18.2 Å². The van der Waals surface area contributed by atoms with E-state index in [4.69, 9.17) is 15.2 Å². The van der Waals surface area contributed by atoms with E-state index in [0.29, 0.717) is 70.5 Å². The molecule has 11 heteroatoms. The first-order valence-corrected chi connectivity index (χ1v) is 10.7. The number of anilines is 3. The first kappa shape index (κ1) is 24.2. The molecule has 0 amide bonds. The number of hydrogen-bond acceptors (Lipinski definition) is 10. The Hall–Kier alpha value is -3.41. The quantitative estimate of drug-likeness (QED) is 0.252. The molecule has 0 aliphatic heterocycles. The molecule has 1 aromatic carbocycles. The van der Waals surface area contributed by atoms with Crippen LogP contribution in [-0.2, 0) is 22.6 Å². The molecular formula is C22H29FN8O2. The predicted octanol–water partition coefficient (Wildman–Crippen LogP) is 2.03. The molecule has 176 valence electrons. The Bertz CT molecular complexity index is 947. The Morgan fingerprint density at radius 2 is 1.42 bits per heavy atom. The van der Waals surface area contributed by atoms with E-state index in [0.717, 1.165) is 11.3 Å². The number of benzene rings is 1. The lowest BCUT2D eigenvalue weighted by molar-refractivity contribution is 0.0547. The second-order valence-corrected chi connectivity index (χ2v) is 6.90. The second-order valence-electron chi connectivity index (χ2n) is 6.90. The molecule has 0 atom stereocenters. The molecule has 0 fully saturated rings. The van der Waals surface area contributed by atoms with E-state index in [9.17, 15) is 4.39 Å². The van der Waals surface area contributed by atoms with E-state index in [1.54, 1.807) is 18.3 Å². The van der Waals surface area contributed by atoms with Crippen LogP contribution in [0.2, 0.25) is 0 Å². The van der Waals surface area contributed by atoms with Gasteiger partial charge in [0, 0.05) is 25.8 Å². The van der Waals surface area contributed by atoms with Crippen molar-refractivity contribution in [2.24, 2.45) is 5.73 Å². The molecule has 0 saturated heterocycles. The van der Waals surface area contributed by atoms with Crippen LogP contribution in [0.15, 0.2) is 48.7 Å². The number of ether oxygens (including phenoxy) is 2. The maximum atomic E-state index is 13.1. The molecule has 5 N–H and O–H groups in total. The van der Waals surface area contributed by atoms with Crippen LogP contribution in [0, 0.1) is 5.82 Å². The summed E-state index contributed by atoms with van der Waals surface area (Å²) in [7, 11) is 0. The summed E-state index contributed by atoms with van der Waals surface area (Å²) in [6, 6.07) is 11.9. The highest BCUT2D eigenvalue weighted by Crippen LogP contribution is 2.12. The Labute approximate surface area is 192 Å². The molecule has 33 heavy (non-hydrogen) atoms. The number of halogens is 1. The monoisotopic (exact) mass is 456 g/mol. The van der Waals surface area contributed by atoms with E-state index in [-0.39, 0.29) is 5.82 Å². The molecule has 0 aliphatic carbocycles. The van der Waals surface area contributed by atoms with Crippen molar-refractivity contribution in [3.8, 4) is 0 Å². The van der Waals surface area contributed by atoms with Crippen molar-refractivity contribution in [1.82, 2.24) is 19.9 Å². The highest BCUT2D eigenvalue weighted by molar-refractivity contribution is 5.42. The molecule has 0 saturated carbocycles. The molecule has 0 aliphatic rings. The van der Waals surface area contributed by atoms with Crippen molar-refractivity contribution in [3.05, 3.63) is 65.7 Å². The van der Waals surface area contributed by atoms with Gasteiger partial charge in [-0.15, -0.1) is 0 Å². The lowest BCUT2D eigenvalue weighted by Gasteiger charge is -2.12. The zero-order valence-corrected chi connectivity index (χ0v) is 18.3. The Balaban J connectivity index is 1.56. The van der Waals surface area contributed by atoms with Gasteiger partial charge in [0.1, 0.15) is 5.82 Å². The van der Waals surface area contributed by atoms with E-state index in [1.165, 1.54) is 12.1 Å². The molecule has 10 nitrogen and oxygen atoms in total. The predicted molar refractivity (Wildman–Crippen MR) is 124 cm³/mol. The fourth-order valence-electron chi connectivity index (χ4n) is 2.71. The molecule has 3 rings (SSSR count). The van der Waals surface area contributed by atoms with Gasteiger partial charge in [-0.05, 0) is 29.8 Å². The fourth-order valence-corrected chi connectivity index (χ4v) is 2.71. The maximum Gasteiger partial charge on any atom is 0.229 e. The third-order valence-electron chi connectivity index (χ3n) is 4.32. The van der Waals surface area contributed by atoms with Crippen LogP contribution in [0.1, 0.15) is 11.3 Å². The first-order chi connectivity index (χ1) is 16.2. The summed E-state index contributed by atoms with van der Waals surface area (Å²) < 4.78 is 23.9. The van der Waals surface area contributed by atoms with Crippen molar-refractivity contribution in [1.29, 1.82) is 0 Å². The summed E-state index contributed by atoms with van der Waals surface area (Å²) in [5.74, 6) is 0.907. The van der Waals surface area contributed by atoms with Gasteiger partial charge >= 0.3 is 0 Å². The normalized spacial score (nSPS) is 10.7. The zero-order valence-electron chi connectivity index (χ0n) is 18.3. The third kappa shape index (κ3) is 9.31. The number of aromatic nitrogens is 4. The number of nitrogens with two attached hydrogens (primary N) is 1. The number of rotatable bonds is 15. The lowest BCUT2D eigenvalue weighted by atomic mass is 10.2. The van der Waals surface area contributed by atoms with Crippen LogP contribution >= 0.6 is 0 Å². The van der Waals surface area contributed by atoms with Crippen molar-refractivity contribution >= 4 is 17.8 Å². The average molecular weight is 457 g/mol. The van der Waals surface area contributed by atoms with E-state index in [1.807, 2.05) is 18.2 Å². The Morgan fingerprint density at radius 3 is 2.09 bits per heavy atom. The van der Waals surface area contributed by atoms with Gasteiger partial charge in [0.25, 0.3) is 0 Å². The minimum atomic E-state index is -0.278. The molecule has 2 aromatic heterocycles. The van der Waals surface area contributed by atoms with Crippen LogP contribution in [0.3, 0.4) is 0 Å². The van der Waals surface area contributed by atoms with Gasteiger partial charge < -0.3 is 31.2 Å². The smallest absolute Gasteiger partial charge is 0.229 e. The van der Waals surface area contributed by atoms with E-state index >= 15 is 0 Å². The van der Waals surface area contributed by atoms with Crippen LogP contribution in [-0.4, -0.2) is 59.5 Å². The SMILES string of the molecule is NCCOCCOCCNc1nc(NCc2ccc(F)cc2)nc(NCc2ccccn2)n1. The van der Waals surface area contributed by atoms with Gasteiger partial charge in [-0.3, -0.25) is 4.98 Å². The zero-order chi connectivity index (χ0) is 23.1. The Morgan fingerprint density at radius 1 is 0.758 bits per heavy atom. The minimum absolute atomic E-state index is 0.278. The molecule has 0 spiro atoms. The molecule has 0 unspecified atom stereocenters. The highest BCUT2D eigenvalue weighted by Gasteiger charge is 2.07. The first-order valence-electron chi connectivity index (χ1n) is 10.7. The molecule has 3 aromatic rings. The van der Waals surface area contributed by atoms with Gasteiger partial charge in [0.15, 0.2) is 0 Å². The second kappa shape index (κ2) is 13.9. The lowest BCUT2D eigenvalue weighted by Crippen LogP contribution is -2.17. The summed E-state index contributed by atoms with van der Waals surface area (Å²) in [5, 5.41) is 9.45. The maximum absolute atomic E-state index is 13.1. The minimum Gasteiger partial charge on any atom is -0.378 e. The average Bonchev–Trinajstić information content (AvgIpc) is 2.85. The molecular weight excluding hydrogens is 427 g/mol. The third-order valence-corrected chi connectivity index (χ3v) is 4.32. The number of pyridine rings is 1. The van der Waals surface area contributed by atoms with Crippen molar-refractivity contribution in [2.45, 2.75) is 13.1 Å². The largest absolute Gasteiger partial charge is 0.378 e. The summed E-state index contributed by atoms with van der Waals surface area (Å²) in [6.45, 7) is 3.89. The fraction of sp³-hybridized carbons (Fsp3) is 0.364. The summed E-state index contributed by atoms with van der Waals surface area (Å²) in [4.78, 5) is 17.5. The van der Waals surface area contributed by atoms with Crippen LogP contribution in [0.25, 0.3) is 0 Å². The summed E-state index contributed by atoms with van der Waals surface area (Å²) in [6.07, 6.45) is 1.73. The molecule has 2 heterocycles. The Kier molecular flexibility index (Phi) is 10.2. The van der Waals surface area contributed by atoms with Crippen LogP contribution < -0.4 is 21.7 Å². The molecule has 0 radical (unpaired) electrons. The molecule has 0 bridgehead atoms. The number of hydrogen-bond donors (Lipinski definition) is 4. The van der Waals surface area contributed by atoms with Gasteiger partial charge in [0.05, 0.1) is 38.7 Å². The van der Waals surface area contributed by atoms with Crippen LogP contribution in [0.4, 0.5) is 22.2 Å². The van der Waals surface area contributed by atoms with E-state index < -0.39 is 0 Å².